The summed E-state index contributed by atoms with van der Waals surface area (Å²) < 4.78 is 1.51. The Kier molecular flexibility index (Phi) is 5.34. The van der Waals surface area contributed by atoms with E-state index in [1.807, 2.05) is 75.4 Å². The highest BCUT2D eigenvalue weighted by atomic mass is 32.2. The lowest BCUT2D eigenvalue weighted by molar-refractivity contribution is 0.0995. The number of fused-ring (bicyclic) bond motifs is 2. The van der Waals surface area contributed by atoms with Crippen LogP contribution >= 0.6 is 11.8 Å². The second-order valence-electron chi connectivity index (χ2n) is 8.04. The quantitative estimate of drug-likeness (QED) is 0.223. The van der Waals surface area contributed by atoms with Crippen LogP contribution in [-0.4, -0.2) is 30.6 Å². The third kappa shape index (κ3) is 3.74. The molecule has 0 amide bonds. The van der Waals surface area contributed by atoms with Crippen molar-refractivity contribution in [2.45, 2.75) is 31.2 Å². The van der Waals surface area contributed by atoms with Crippen LogP contribution in [0.4, 0.5) is 0 Å². The molecule has 5 rings (SSSR count). The average Bonchev–Trinajstić information content (AvgIpc) is 3.14. The second-order valence-corrected chi connectivity index (χ2v) is 9.35. The highest BCUT2D eigenvalue weighted by Crippen LogP contribution is 2.30. The number of nitrogens with zero attached hydrogens (tertiary/aromatic N) is 3. The molecule has 0 saturated carbocycles. The molecule has 0 saturated heterocycles. The van der Waals surface area contributed by atoms with Crippen LogP contribution in [0.1, 0.15) is 28.5 Å². The fourth-order valence-electron chi connectivity index (χ4n) is 4.04. The van der Waals surface area contributed by atoms with Gasteiger partial charge >= 0.3 is 0 Å². The summed E-state index contributed by atoms with van der Waals surface area (Å²) in [5.41, 5.74) is 3.81. The molecule has 164 valence electrons. The van der Waals surface area contributed by atoms with E-state index in [2.05, 4.69) is 9.97 Å². The fraction of sp³-hybridized carbons (Fsp3) is 0.154. The van der Waals surface area contributed by atoms with Crippen molar-refractivity contribution in [2.75, 3.05) is 0 Å². The number of thioether (sulfide) groups is 1. The Balaban J connectivity index is 1.62. The number of nitrogens with one attached hydrogen (secondary N) is 1. The fourth-order valence-corrected chi connectivity index (χ4v) is 5.02. The lowest BCUT2D eigenvalue weighted by Crippen LogP contribution is -2.24. The second kappa shape index (κ2) is 8.33. The molecule has 7 heteroatoms. The zero-order valence-electron chi connectivity index (χ0n) is 18.5. The van der Waals surface area contributed by atoms with E-state index in [0.29, 0.717) is 27.4 Å². The summed E-state index contributed by atoms with van der Waals surface area (Å²) in [5, 5.41) is 1.38. The average molecular weight is 455 g/mol. The maximum absolute atomic E-state index is 13.5. The third-order valence-electron chi connectivity index (χ3n) is 5.67. The summed E-state index contributed by atoms with van der Waals surface area (Å²) in [7, 11) is 0. The molecular weight excluding hydrogens is 432 g/mol. The van der Waals surface area contributed by atoms with Gasteiger partial charge in [0, 0.05) is 28.4 Å². The first kappa shape index (κ1) is 21.2. The number of aromatic amines is 1. The van der Waals surface area contributed by atoms with Gasteiger partial charge in [-0.1, -0.05) is 42.1 Å². The molecule has 0 spiro atoms. The van der Waals surface area contributed by atoms with Crippen LogP contribution in [0.3, 0.4) is 0 Å². The smallest absolute Gasteiger partial charge is 0.267 e. The molecule has 5 aromatic rings. The lowest BCUT2D eigenvalue weighted by Gasteiger charge is -2.16. The maximum Gasteiger partial charge on any atom is 0.267 e. The van der Waals surface area contributed by atoms with E-state index < -0.39 is 5.25 Å². The molecule has 0 aliphatic heterocycles. The SMILES string of the molecule is Cc1ccnc(-n2c(SC(C)C(=O)c3c(C)[nH]c4ccccc34)nc3ccccc3c2=O)c1. The molecule has 33 heavy (non-hydrogen) atoms. The lowest BCUT2D eigenvalue weighted by atomic mass is 10.1. The van der Waals surface area contributed by atoms with E-state index in [-0.39, 0.29) is 11.3 Å². The van der Waals surface area contributed by atoms with Gasteiger partial charge in [0.1, 0.15) is 5.82 Å². The van der Waals surface area contributed by atoms with Gasteiger partial charge in [0.2, 0.25) is 0 Å². The van der Waals surface area contributed by atoms with Crippen molar-refractivity contribution in [2.24, 2.45) is 0 Å². The number of pyridine rings is 1. The molecule has 3 aromatic heterocycles. The summed E-state index contributed by atoms with van der Waals surface area (Å²) in [5.74, 6) is 0.477. The van der Waals surface area contributed by atoms with Gasteiger partial charge in [-0.15, -0.1) is 0 Å². The van der Waals surface area contributed by atoms with E-state index in [0.717, 1.165) is 22.2 Å². The Hall–Kier alpha value is -3.71. The van der Waals surface area contributed by atoms with Crippen LogP contribution < -0.4 is 5.56 Å². The van der Waals surface area contributed by atoms with E-state index in [4.69, 9.17) is 4.98 Å². The number of aryl methyl sites for hydroxylation is 2. The normalized spacial score (nSPS) is 12.3. The summed E-state index contributed by atoms with van der Waals surface area (Å²) in [6.45, 7) is 5.71. The van der Waals surface area contributed by atoms with Gasteiger partial charge in [0.25, 0.3) is 5.56 Å². The number of para-hydroxylation sites is 2. The molecule has 0 fully saturated rings. The number of H-pyrrole nitrogens is 1. The Morgan fingerprint density at radius 1 is 1.03 bits per heavy atom. The van der Waals surface area contributed by atoms with Gasteiger partial charge in [-0.05, 0) is 56.7 Å². The van der Waals surface area contributed by atoms with Crippen LogP contribution in [0.25, 0.3) is 27.6 Å². The minimum absolute atomic E-state index is 0.0129. The zero-order valence-corrected chi connectivity index (χ0v) is 19.3. The number of ketones is 1. The van der Waals surface area contributed by atoms with Crippen LogP contribution in [0.15, 0.2) is 76.8 Å². The van der Waals surface area contributed by atoms with Crippen molar-refractivity contribution in [3.63, 3.8) is 0 Å². The molecule has 2 aromatic carbocycles. The summed E-state index contributed by atoms with van der Waals surface area (Å²) >= 11 is 1.27. The van der Waals surface area contributed by atoms with Crippen molar-refractivity contribution in [3.05, 3.63) is 94.0 Å². The molecule has 3 heterocycles. The number of benzene rings is 2. The predicted molar refractivity (Wildman–Crippen MR) is 133 cm³/mol. The van der Waals surface area contributed by atoms with Gasteiger partial charge in [-0.25, -0.2) is 14.5 Å². The van der Waals surface area contributed by atoms with Crippen LogP contribution in [0.5, 0.6) is 0 Å². The minimum Gasteiger partial charge on any atom is -0.358 e. The Bertz CT molecular complexity index is 1580. The van der Waals surface area contributed by atoms with E-state index in [9.17, 15) is 9.59 Å². The Morgan fingerprint density at radius 2 is 1.76 bits per heavy atom. The van der Waals surface area contributed by atoms with E-state index >= 15 is 0 Å². The summed E-state index contributed by atoms with van der Waals surface area (Å²) in [6.07, 6.45) is 1.67. The summed E-state index contributed by atoms with van der Waals surface area (Å²) in [6, 6.07) is 18.7. The van der Waals surface area contributed by atoms with Crippen molar-refractivity contribution in [1.29, 1.82) is 0 Å². The van der Waals surface area contributed by atoms with Crippen LogP contribution in [0.2, 0.25) is 0 Å². The van der Waals surface area contributed by atoms with Crippen molar-refractivity contribution in [3.8, 4) is 5.82 Å². The molecule has 1 atom stereocenters. The first-order chi connectivity index (χ1) is 15.9. The monoisotopic (exact) mass is 454 g/mol. The Labute approximate surface area is 194 Å². The van der Waals surface area contributed by atoms with Crippen molar-refractivity contribution < 1.29 is 4.79 Å². The van der Waals surface area contributed by atoms with Gasteiger partial charge < -0.3 is 4.98 Å². The van der Waals surface area contributed by atoms with Gasteiger partial charge in [-0.2, -0.15) is 0 Å². The van der Waals surface area contributed by atoms with Gasteiger partial charge in [0.15, 0.2) is 10.9 Å². The van der Waals surface area contributed by atoms with E-state index in [1.54, 1.807) is 12.3 Å². The van der Waals surface area contributed by atoms with Crippen molar-refractivity contribution in [1.82, 2.24) is 19.5 Å². The number of Topliss-reactive ketones (excluding diaryl/α,β-unsaturated/α-hetero) is 1. The highest BCUT2D eigenvalue weighted by Gasteiger charge is 2.25. The number of carbonyl (C=O) groups excluding carboxylic acids is 1. The molecule has 0 aliphatic rings. The standard InChI is InChI=1S/C26H22N4O2S/c1-15-12-13-27-22(14-15)30-25(32)19-9-5-7-11-21(19)29-26(30)33-17(3)24(31)23-16(2)28-20-10-6-4-8-18(20)23/h4-14,17,28H,1-3H3. The largest absolute Gasteiger partial charge is 0.358 e. The molecule has 0 bridgehead atoms. The molecule has 1 unspecified atom stereocenters. The zero-order chi connectivity index (χ0) is 23.1. The number of rotatable bonds is 5. The minimum atomic E-state index is -0.466. The predicted octanol–water partition coefficient (Wildman–Crippen LogP) is 5.24. The van der Waals surface area contributed by atoms with Crippen LogP contribution in [-0.2, 0) is 0 Å². The number of hydrogen-bond donors (Lipinski definition) is 1. The molecule has 1 N–H and O–H groups in total. The number of aromatic nitrogens is 4. The topological polar surface area (TPSA) is 80.6 Å². The highest BCUT2D eigenvalue weighted by molar-refractivity contribution is 8.00. The third-order valence-corrected chi connectivity index (χ3v) is 6.72. The van der Waals surface area contributed by atoms with E-state index in [1.165, 1.54) is 16.3 Å². The number of carbonyl (C=O) groups is 1. The maximum atomic E-state index is 13.5. The van der Waals surface area contributed by atoms with Gasteiger partial charge in [0.05, 0.1) is 16.2 Å². The Morgan fingerprint density at radius 3 is 2.55 bits per heavy atom. The van der Waals surface area contributed by atoms with Crippen molar-refractivity contribution >= 4 is 39.4 Å². The van der Waals surface area contributed by atoms with Crippen LogP contribution in [0, 0.1) is 13.8 Å². The van der Waals surface area contributed by atoms with Gasteiger partial charge in [-0.3, -0.25) is 9.59 Å². The first-order valence-electron chi connectivity index (χ1n) is 10.7. The molecular formula is C26H22N4O2S. The molecule has 0 radical (unpaired) electrons. The molecule has 0 aliphatic carbocycles. The molecule has 6 nitrogen and oxygen atoms in total. The number of hydrogen-bond acceptors (Lipinski definition) is 5. The first-order valence-corrected chi connectivity index (χ1v) is 11.5. The summed E-state index contributed by atoms with van der Waals surface area (Å²) in [4.78, 5) is 39.4.